The van der Waals surface area contributed by atoms with Gasteiger partial charge in [0.1, 0.15) is 0 Å². The van der Waals surface area contributed by atoms with Crippen LogP contribution in [0.1, 0.15) is 11.1 Å². The molecule has 19 heavy (non-hydrogen) atoms. The first-order valence-corrected chi connectivity index (χ1v) is 5.57. The van der Waals surface area contributed by atoms with Gasteiger partial charge in [-0.3, -0.25) is 4.79 Å². The van der Waals surface area contributed by atoms with E-state index in [0.717, 1.165) is 0 Å². The van der Waals surface area contributed by atoms with Crippen LogP contribution in [0.4, 0.5) is 0 Å². The van der Waals surface area contributed by atoms with E-state index in [4.69, 9.17) is 10.4 Å². The summed E-state index contributed by atoms with van der Waals surface area (Å²) in [6.45, 7) is -0.522. The van der Waals surface area contributed by atoms with Crippen molar-refractivity contribution in [1.82, 2.24) is 5.32 Å². The van der Waals surface area contributed by atoms with Crippen LogP contribution in [-0.4, -0.2) is 36.7 Å². The largest absolute Gasteiger partial charge is 0.467 e. The number of nitrogens with one attached hydrogen (secondary N) is 1. The Morgan fingerprint density at radius 3 is 2.53 bits per heavy atom. The molecule has 1 unspecified atom stereocenters. The second kappa shape index (κ2) is 7.13. The van der Waals surface area contributed by atoms with Crippen molar-refractivity contribution < 1.29 is 19.4 Å². The van der Waals surface area contributed by atoms with E-state index >= 15 is 0 Å². The summed E-state index contributed by atoms with van der Waals surface area (Å²) in [6, 6.07) is 7.44. The molecule has 0 aliphatic rings. The van der Waals surface area contributed by atoms with Crippen molar-refractivity contribution in [2.24, 2.45) is 0 Å². The number of rotatable bonds is 5. The molecule has 1 atom stereocenters. The highest BCUT2D eigenvalue weighted by Crippen LogP contribution is 2.04. The van der Waals surface area contributed by atoms with Gasteiger partial charge in [0.2, 0.25) is 5.91 Å². The fourth-order valence-electron chi connectivity index (χ4n) is 1.45. The minimum absolute atomic E-state index is 0.0548. The van der Waals surface area contributed by atoms with Crippen LogP contribution in [0, 0.1) is 11.3 Å². The fraction of sp³-hybridized carbons (Fsp3) is 0.308. The van der Waals surface area contributed by atoms with Gasteiger partial charge in [-0.05, 0) is 17.7 Å². The van der Waals surface area contributed by atoms with Crippen LogP contribution < -0.4 is 5.32 Å². The number of nitrogens with zero attached hydrogens (tertiary/aromatic N) is 1. The molecule has 6 nitrogen and oxygen atoms in total. The lowest BCUT2D eigenvalue weighted by Gasteiger charge is -2.13. The first-order valence-electron chi connectivity index (χ1n) is 5.57. The normalized spacial score (nSPS) is 11.2. The van der Waals surface area contributed by atoms with Crippen LogP contribution in [0.25, 0.3) is 0 Å². The first-order chi connectivity index (χ1) is 9.10. The SMILES string of the molecule is COC(=O)C(CO)NC(=O)Cc1ccc(C#N)cc1. The van der Waals surface area contributed by atoms with Crippen molar-refractivity contribution >= 4 is 11.9 Å². The number of nitriles is 1. The summed E-state index contributed by atoms with van der Waals surface area (Å²) < 4.78 is 4.43. The molecule has 1 amide bonds. The fourth-order valence-corrected chi connectivity index (χ4v) is 1.45. The van der Waals surface area contributed by atoms with Gasteiger partial charge < -0.3 is 15.2 Å². The number of aliphatic hydroxyl groups is 1. The molecule has 0 aliphatic heterocycles. The van der Waals surface area contributed by atoms with Crippen LogP contribution >= 0.6 is 0 Å². The first kappa shape index (κ1) is 14.7. The topological polar surface area (TPSA) is 99.4 Å². The van der Waals surface area contributed by atoms with Gasteiger partial charge in [0.15, 0.2) is 6.04 Å². The highest BCUT2D eigenvalue weighted by atomic mass is 16.5. The molecule has 6 heteroatoms. The number of hydrogen-bond acceptors (Lipinski definition) is 5. The standard InChI is InChI=1S/C13H14N2O4/c1-19-13(18)11(8-16)15-12(17)6-9-2-4-10(7-14)5-3-9/h2-5,11,16H,6,8H2,1H3,(H,15,17). The van der Waals surface area contributed by atoms with Crippen molar-refractivity contribution in [2.45, 2.75) is 12.5 Å². The Bertz CT molecular complexity index is 490. The Morgan fingerprint density at radius 2 is 2.05 bits per heavy atom. The molecule has 0 radical (unpaired) electrons. The van der Waals surface area contributed by atoms with Gasteiger partial charge in [-0.2, -0.15) is 5.26 Å². The number of benzene rings is 1. The quantitative estimate of drug-likeness (QED) is 0.713. The van der Waals surface area contributed by atoms with Crippen molar-refractivity contribution in [3.05, 3.63) is 35.4 Å². The second-order valence-electron chi connectivity index (χ2n) is 3.81. The summed E-state index contributed by atoms with van der Waals surface area (Å²) in [6.07, 6.45) is 0.0548. The third-order valence-corrected chi connectivity index (χ3v) is 2.45. The molecule has 0 saturated heterocycles. The van der Waals surface area contributed by atoms with E-state index in [1.165, 1.54) is 7.11 Å². The molecule has 0 bridgehead atoms. The zero-order chi connectivity index (χ0) is 14.3. The summed E-state index contributed by atoms with van der Waals surface area (Å²) in [5, 5.41) is 20.0. The van der Waals surface area contributed by atoms with E-state index in [2.05, 4.69) is 10.1 Å². The number of carbonyl (C=O) groups is 2. The van der Waals surface area contributed by atoms with Gasteiger partial charge in [0, 0.05) is 0 Å². The minimum atomic E-state index is -1.06. The van der Waals surface area contributed by atoms with Gasteiger partial charge in [-0.25, -0.2) is 4.79 Å². The molecular formula is C13H14N2O4. The van der Waals surface area contributed by atoms with E-state index in [-0.39, 0.29) is 6.42 Å². The van der Waals surface area contributed by atoms with Gasteiger partial charge in [-0.1, -0.05) is 12.1 Å². The smallest absolute Gasteiger partial charge is 0.330 e. The predicted molar refractivity (Wildman–Crippen MR) is 65.9 cm³/mol. The van der Waals surface area contributed by atoms with E-state index in [9.17, 15) is 9.59 Å². The number of aliphatic hydroxyl groups excluding tert-OH is 1. The van der Waals surface area contributed by atoms with Gasteiger partial charge >= 0.3 is 5.97 Å². The lowest BCUT2D eigenvalue weighted by molar-refractivity contribution is -0.146. The van der Waals surface area contributed by atoms with Crippen LogP contribution in [0.3, 0.4) is 0 Å². The number of ether oxygens (including phenoxy) is 1. The summed E-state index contributed by atoms with van der Waals surface area (Å²) in [7, 11) is 1.18. The van der Waals surface area contributed by atoms with E-state index in [1.54, 1.807) is 24.3 Å². The summed E-state index contributed by atoms with van der Waals surface area (Å²) in [5.74, 6) is -1.11. The van der Waals surface area contributed by atoms with Crippen LogP contribution in [0.5, 0.6) is 0 Å². The number of amides is 1. The molecule has 0 heterocycles. The summed E-state index contributed by atoms with van der Waals surface area (Å²) in [5.41, 5.74) is 1.21. The maximum atomic E-state index is 11.7. The Morgan fingerprint density at radius 1 is 1.42 bits per heavy atom. The molecule has 0 aromatic heterocycles. The Kier molecular flexibility index (Phi) is 5.51. The van der Waals surface area contributed by atoms with Crippen LogP contribution in [0.2, 0.25) is 0 Å². The van der Waals surface area contributed by atoms with Crippen LogP contribution in [0.15, 0.2) is 24.3 Å². The Hall–Kier alpha value is -2.39. The molecular weight excluding hydrogens is 248 g/mol. The van der Waals surface area contributed by atoms with Crippen molar-refractivity contribution in [1.29, 1.82) is 5.26 Å². The lowest BCUT2D eigenvalue weighted by atomic mass is 10.1. The monoisotopic (exact) mass is 262 g/mol. The highest BCUT2D eigenvalue weighted by molar-refractivity contribution is 5.85. The van der Waals surface area contributed by atoms with E-state index in [0.29, 0.717) is 11.1 Å². The molecule has 0 saturated carbocycles. The zero-order valence-corrected chi connectivity index (χ0v) is 10.4. The maximum absolute atomic E-state index is 11.7. The highest BCUT2D eigenvalue weighted by Gasteiger charge is 2.20. The third kappa shape index (κ3) is 4.41. The van der Waals surface area contributed by atoms with Gasteiger partial charge in [-0.15, -0.1) is 0 Å². The lowest BCUT2D eigenvalue weighted by Crippen LogP contribution is -2.44. The molecule has 2 N–H and O–H groups in total. The number of methoxy groups -OCH3 is 1. The molecule has 100 valence electrons. The van der Waals surface area contributed by atoms with Crippen molar-refractivity contribution in [2.75, 3.05) is 13.7 Å². The molecule has 0 aliphatic carbocycles. The third-order valence-electron chi connectivity index (χ3n) is 2.45. The molecule has 1 rings (SSSR count). The molecule has 0 fully saturated rings. The average Bonchev–Trinajstić information content (AvgIpc) is 2.44. The Balaban J connectivity index is 2.59. The van der Waals surface area contributed by atoms with Crippen molar-refractivity contribution in [3.63, 3.8) is 0 Å². The molecule has 1 aromatic rings. The molecule has 1 aromatic carbocycles. The maximum Gasteiger partial charge on any atom is 0.330 e. The van der Waals surface area contributed by atoms with Gasteiger partial charge in [0.25, 0.3) is 0 Å². The predicted octanol–water partition coefficient (Wildman–Crippen LogP) is -0.249. The summed E-state index contributed by atoms with van der Waals surface area (Å²) in [4.78, 5) is 22.8. The van der Waals surface area contributed by atoms with Gasteiger partial charge in [0.05, 0.1) is 31.8 Å². The Labute approximate surface area is 110 Å². The number of hydrogen-bond donors (Lipinski definition) is 2. The minimum Gasteiger partial charge on any atom is -0.467 e. The molecule has 0 spiro atoms. The number of carbonyl (C=O) groups excluding carboxylic acids is 2. The van der Waals surface area contributed by atoms with E-state index in [1.807, 2.05) is 6.07 Å². The zero-order valence-electron chi connectivity index (χ0n) is 10.4. The van der Waals surface area contributed by atoms with Crippen LogP contribution in [-0.2, 0) is 20.7 Å². The van der Waals surface area contributed by atoms with Crippen molar-refractivity contribution in [3.8, 4) is 6.07 Å². The van der Waals surface area contributed by atoms with E-state index < -0.39 is 24.5 Å². The average molecular weight is 262 g/mol. The summed E-state index contributed by atoms with van der Waals surface area (Å²) >= 11 is 0. The number of esters is 1. The second-order valence-corrected chi connectivity index (χ2v) is 3.81.